The standard InChI is InChI=1S/C30H29NO6S/c1-30(2,22-10-5-4-6-11-22)27(29(33)34)31-28(32)25-18-15-21-9-7-8-12-24(21)26(25)37-19-20-13-16-23(17-14-20)38(3,35)36/h4-18,27H,19H2,1-3H3,(H,31,32)(H,33,34)/t27-/m1/s1. The second-order valence-corrected chi connectivity index (χ2v) is 11.7. The van der Waals surface area contributed by atoms with Crippen LogP contribution in [-0.4, -0.2) is 37.7 Å². The average Bonchev–Trinajstić information content (AvgIpc) is 2.90. The third kappa shape index (κ3) is 5.70. The molecule has 4 rings (SSSR count). The fourth-order valence-corrected chi connectivity index (χ4v) is 4.99. The first-order chi connectivity index (χ1) is 18.0. The van der Waals surface area contributed by atoms with Gasteiger partial charge in [-0.3, -0.25) is 4.79 Å². The molecular weight excluding hydrogens is 502 g/mol. The number of carboxylic acid groups (broad SMARTS) is 1. The second-order valence-electron chi connectivity index (χ2n) is 9.70. The van der Waals surface area contributed by atoms with Crippen LogP contribution in [0.25, 0.3) is 10.8 Å². The molecule has 0 radical (unpaired) electrons. The molecule has 0 saturated heterocycles. The molecule has 0 fully saturated rings. The number of sulfone groups is 1. The molecule has 0 heterocycles. The Kier molecular flexibility index (Phi) is 7.55. The van der Waals surface area contributed by atoms with Crippen LogP contribution in [0.2, 0.25) is 0 Å². The van der Waals surface area contributed by atoms with Crippen LogP contribution < -0.4 is 10.1 Å². The minimum absolute atomic E-state index is 0.0796. The summed E-state index contributed by atoms with van der Waals surface area (Å²) in [4.78, 5) is 26.1. The van der Waals surface area contributed by atoms with Crippen molar-refractivity contribution in [2.45, 2.75) is 36.8 Å². The molecule has 8 heteroatoms. The van der Waals surface area contributed by atoms with E-state index in [1.807, 2.05) is 54.6 Å². The van der Waals surface area contributed by atoms with Gasteiger partial charge in [-0.05, 0) is 34.7 Å². The first-order valence-corrected chi connectivity index (χ1v) is 13.9. The highest BCUT2D eigenvalue weighted by Gasteiger charge is 2.38. The lowest BCUT2D eigenvalue weighted by Crippen LogP contribution is -2.52. The number of rotatable bonds is 9. The van der Waals surface area contributed by atoms with Crippen LogP contribution in [0.1, 0.15) is 35.3 Å². The fourth-order valence-electron chi connectivity index (χ4n) is 4.36. The zero-order valence-corrected chi connectivity index (χ0v) is 22.2. The summed E-state index contributed by atoms with van der Waals surface area (Å²) in [5.41, 5.74) is 0.791. The van der Waals surface area contributed by atoms with Crippen molar-refractivity contribution >= 4 is 32.5 Å². The number of aliphatic carboxylic acids is 1. The van der Waals surface area contributed by atoms with Gasteiger partial charge in [0.15, 0.2) is 9.84 Å². The van der Waals surface area contributed by atoms with Crippen molar-refractivity contribution in [1.29, 1.82) is 0 Å². The van der Waals surface area contributed by atoms with Crippen LogP contribution in [-0.2, 0) is 26.7 Å². The highest BCUT2D eigenvalue weighted by Crippen LogP contribution is 2.32. The van der Waals surface area contributed by atoms with Gasteiger partial charge in [0.2, 0.25) is 0 Å². The van der Waals surface area contributed by atoms with E-state index < -0.39 is 33.2 Å². The van der Waals surface area contributed by atoms with Crippen molar-refractivity contribution in [3.8, 4) is 5.75 Å². The molecule has 1 atom stereocenters. The molecule has 7 nitrogen and oxygen atoms in total. The highest BCUT2D eigenvalue weighted by atomic mass is 32.2. The normalized spacial score (nSPS) is 12.6. The quantitative estimate of drug-likeness (QED) is 0.315. The van der Waals surface area contributed by atoms with Crippen LogP contribution in [0, 0.1) is 0 Å². The van der Waals surface area contributed by atoms with Crippen LogP contribution in [0.3, 0.4) is 0 Å². The minimum Gasteiger partial charge on any atom is -0.487 e. The number of carbonyl (C=O) groups excluding carboxylic acids is 1. The minimum atomic E-state index is -3.33. The van der Waals surface area contributed by atoms with Gasteiger partial charge in [0.05, 0.1) is 10.5 Å². The van der Waals surface area contributed by atoms with Crippen molar-refractivity contribution in [2.75, 3.05) is 6.26 Å². The lowest BCUT2D eigenvalue weighted by Gasteiger charge is -2.32. The van der Waals surface area contributed by atoms with Gasteiger partial charge in [0, 0.05) is 17.1 Å². The maximum Gasteiger partial charge on any atom is 0.327 e. The van der Waals surface area contributed by atoms with Crippen LogP contribution in [0.5, 0.6) is 5.75 Å². The van der Waals surface area contributed by atoms with Gasteiger partial charge < -0.3 is 15.2 Å². The molecule has 0 spiro atoms. The van der Waals surface area contributed by atoms with Crippen molar-refractivity contribution in [2.24, 2.45) is 0 Å². The number of nitrogens with one attached hydrogen (secondary N) is 1. The molecule has 0 unspecified atom stereocenters. The van der Waals surface area contributed by atoms with E-state index in [9.17, 15) is 23.1 Å². The predicted octanol–water partition coefficient (Wildman–Crippen LogP) is 4.98. The largest absolute Gasteiger partial charge is 0.487 e. The van der Waals surface area contributed by atoms with Gasteiger partial charge in [-0.2, -0.15) is 0 Å². The summed E-state index contributed by atoms with van der Waals surface area (Å²) >= 11 is 0. The summed E-state index contributed by atoms with van der Waals surface area (Å²) in [7, 11) is -3.33. The Balaban J connectivity index is 1.67. The molecule has 38 heavy (non-hydrogen) atoms. The van der Waals surface area contributed by atoms with E-state index in [4.69, 9.17) is 4.74 Å². The molecule has 0 aliphatic rings. The maximum absolute atomic E-state index is 13.5. The van der Waals surface area contributed by atoms with E-state index in [1.54, 1.807) is 38.1 Å². The SMILES string of the molecule is CC(C)(c1ccccc1)[C@H](NC(=O)c1ccc2ccccc2c1OCc1ccc(S(C)(=O)=O)cc1)C(=O)O. The Morgan fingerprint density at radius 2 is 1.53 bits per heavy atom. The molecular formula is C30H29NO6S. The van der Waals surface area contributed by atoms with Crippen molar-refractivity contribution in [1.82, 2.24) is 5.32 Å². The van der Waals surface area contributed by atoms with Gasteiger partial charge >= 0.3 is 5.97 Å². The molecule has 196 valence electrons. The molecule has 0 aliphatic heterocycles. The molecule has 0 aliphatic carbocycles. The Morgan fingerprint density at radius 1 is 0.895 bits per heavy atom. The third-order valence-electron chi connectivity index (χ3n) is 6.62. The lowest BCUT2D eigenvalue weighted by atomic mass is 9.77. The number of benzene rings is 4. The number of hydrogen-bond acceptors (Lipinski definition) is 5. The van der Waals surface area contributed by atoms with Gasteiger partial charge in [-0.25, -0.2) is 13.2 Å². The van der Waals surface area contributed by atoms with Crippen molar-refractivity contribution in [3.05, 3.63) is 108 Å². The van der Waals surface area contributed by atoms with E-state index in [-0.39, 0.29) is 17.1 Å². The molecule has 0 saturated carbocycles. The lowest BCUT2D eigenvalue weighted by molar-refractivity contribution is -0.140. The molecule has 4 aromatic rings. The Morgan fingerprint density at radius 3 is 2.16 bits per heavy atom. The topological polar surface area (TPSA) is 110 Å². The summed E-state index contributed by atoms with van der Waals surface area (Å²) in [5.74, 6) is -1.41. The number of amides is 1. The van der Waals surface area contributed by atoms with E-state index in [0.29, 0.717) is 16.7 Å². The van der Waals surface area contributed by atoms with Gasteiger partial charge in [-0.1, -0.05) is 86.6 Å². The monoisotopic (exact) mass is 531 g/mol. The van der Waals surface area contributed by atoms with E-state index in [0.717, 1.165) is 17.2 Å². The Bertz CT molecular complexity index is 1580. The summed E-state index contributed by atoms with van der Waals surface area (Å²) < 4.78 is 29.7. The van der Waals surface area contributed by atoms with Crippen LogP contribution in [0.4, 0.5) is 0 Å². The van der Waals surface area contributed by atoms with Crippen molar-refractivity contribution < 1.29 is 27.9 Å². The number of ether oxygens (including phenoxy) is 1. The fraction of sp³-hybridized carbons (Fsp3) is 0.200. The highest BCUT2D eigenvalue weighted by molar-refractivity contribution is 7.90. The Labute approximate surface area is 222 Å². The third-order valence-corrected chi connectivity index (χ3v) is 7.75. The number of fused-ring (bicyclic) bond motifs is 1. The zero-order valence-electron chi connectivity index (χ0n) is 21.3. The molecule has 1 amide bonds. The van der Waals surface area contributed by atoms with Crippen LogP contribution in [0.15, 0.2) is 95.9 Å². The van der Waals surface area contributed by atoms with Gasteiger partial charge in [0.1, 0.15) is 18.4 Å². The summed E-state index contributed by atoms with van der Waals surface area (Å²) in [6.45, 7) is 3.63. The summed E-state index contributed by atoms with van der Waals surface area (Å²) in [6, 6.07) is 25.1. The molecule has 2 N–H and O–H groups in total. The van der Waals surface area contributed by atoms with Crippen molar-refractivity contribution in [3.63, 3.8) is 0 Å². The van der Waals surface area contributed by atoms with E-state index in [2.05, 4.69) is 5.32 Å². The second kappa shape index (κ2) is 10.7. The number of carboxylic acids is 1. The van der Waals surface area contributed by atoms with E-state index in [1.165, 1.54) is 12.1 Å². The Hall–Kier alpha value is -4.17. The van der Waals surface area contributed by atoms with Gasteiger partial charge in [-0.15, -0.1) is 0 Å². The first kappa shape index (κ1) is 26.9. The first-order valence-electron chi connectivity index (χ1n) is 12.0. The van der Waals surface area contributed by atoms with Crippen LogP contribution >= 0.6 is 0 Å². The number of hydrogen-bond donors (Lipinski definition) is 2. The van der Waals surface area contributed by atoms with Gasteiger partial charge in [0.25, 0.3) is 5.91 Å². The maximum atomic E-state index is 13.5. The predicted molar refractivity (Wildman–Crippen MR) is 146 cm³/mol. The average molecular weight is 532 g/mol. The summed E-state index contributed by atoms with van der Waals surface area (Å²) in [6.07, 6.45) is 1.14. The molecule has 4 aromatic carbocycles. The van der Waals surface area contributed by atoms with E-state index >= 15 is 0 Å². The molecule has 0 aromatic heterocycles. The zero-order chi connectivity index (χ0) is 27.5. The smallest absolute Gasteiger partial charge is 0.327 e. The number of carbonyl (C=O) groups is 2. The molecule has 0 bridgehead atoms. The summed E-state index contributed by atoms with van der Waals surface area (Å²) in [5, 5.41) is 14.3.